The molecule has 0 bridgehead atoms. The van der Waals surface area contributed by atoms with Gasteiger partial charge in [0.15, 0.2) is 0 Å². The van der Waals surface area contributed by atoms with Crippen molar-refractivity contribution < 1.29 is 4.79 Å². The van der Waals surface area contributed by atoms with Gasteiger partial charge in [0.1, 0.15) is 17.7 Å². The maximum absolute atomic E-state index is 10.7. The molecule has 0 fully saturated rings. The van der Waals surface area contributed by atoms with Crippen LogP contribution in [0.25, 0.3) is 0 Å². The summed E-state index contributed by atoms with van der Waals surface area (Å²) in [5.41, 5.74) is 0.151. The first-order chi connectivity index (χ1) is 5.65. The molecule has 2 N–H and O–H groups in total. The van der Waals surface area contributed by atoms with Gasteiger partial charge in [-0.25, -0.2) is 4.79 Å². The molecule has 0 rings (SSSR count). The number of nitrogens with one attached hydrogen (secondary N) is 2. The molecule has 2 amide bonds. The van der Waals surface area contributed by atoms with Crippen LogP contribution in [-0.4, -0.2) is 13.1 Å². The van der Waals surface area contributed by atoms with Crippen LogP contribution in [0.1, 0.15) is 6.92 Å². The standard InChI is InChI=1S/C7H8N4O/c1-5(6(3-8)4-9)11-7(12)10-2/h1-2H3,(H2,10,11,12). The Bertz CT molecular complexity index is 276. The first kappa shape index (κ1) is 9.99. The van der Waals surface area contributed by atoms with E-state index in [9.17, 15) is 4.79 Å². The Balaban J connectivity index is 4.50. The summed E-state index contributed by atoms with van der Waals surface area (Å²) >= 11 is 0. The van der Waals surface area contributed by atoms with Gasteiger partial charge in [-0.05, 0) is 6.92 Å². The summed E-state index contributed by atoms with van der Waals surface area (Å²) in [7, 11) is 1.45. The van der Waals surface area contributed by atoms with E-state index in [0.29, 0.717) is 0 Å². The number of urea groups is 1. The van der Waals surface area contributed by atoms with Crippen molar-refractivity contribution >= 4 is 6.03 Å². The van der Waals surface area contributed by atoms with E-state index in [0.717, 1.165) is 0 Å². The van der Waals surface area contributed by atoms with Gasteiger partial charge >= 0.3 is 6.03 Å². The van der Waals surface area contributed by atoms with E-state index in [4.69, 9.17) is 10.5 Å². The van der Waals surface area contributed by atoms with Crippen molar-refractivity contribution in [1.29, 1.82) is 10.5 Å². The number of amides is 2. The molecule has 0 aliphatic carbocycles. The largest absolute Gasteiger partial charge is 0.341 e. The monoisotopic (exact) mass is 164 g/mol. The zero-order valence-corrected chi connectivity index (χ0v) is 6.80. The van der Waals surface area contributed by atoms with Gasteiger partial charge in [0.2, 0.25) is 0 Å². The van der Waals surface area contributed by atoms with Gasteiger partial charge in [-0.3, -0.25) is 0 Å². The highest BCUT2D eigenvalue weighted by molar-refractivity contribution is 5.75. The molecule has 0 aromatic carbocycles. The Morgan fingerprint density at radius 1 is 1.33 bits per heavy atom. The van der Waals surface area contributed by atoms with Crippen molar-refractivity contribution in [2.45, 2.75) is 6.92 Å². The molecule has 0 atom stereocenters. The van der Waals surface area contributed by atoms with Crippen LogP contribution in [0.3, 0.4) is 0 Å². The van der Waals surface area contributed by atoms with Gasteiger partial charge in [0, 0.05) is 12.7 Å². The van der Waals surface area contributed by atoms with Crippen LogP contribution in [0, 0.1) is 22.7 Å². The second-order valence-electron chi connectivity index (χ2n) is 1.93. The molecule has 0 aliphatic heterocycles. The van der Waals surface area contributed by atoms with Crippen molar-refractivity contribution in [2.75, 3.05) is 7.05 Å². The molecule has 0 heterocycles. The van der Waals surface area contributed by atoms with E-state index in [1.54, 1.807) is 12.1 Å². The number of hydrogen-bond donors (Lipinski definition) is 2. The fraction of sp³-hybridized carbons (Fsp3) is 0.286. The molecule has 0 spiro atoms. The van der Waals surface area contributed by atoms with Crippen LogP contribution in [0.2, 0.25) is 0 Å². The van der Waals surface area contributed by atoms with Gasteiger partial charge in [-0.2, -0.15) is 10.5 Å². The van der Waals surface area contributed by atoms with Crippen molar-refractivity contribution in [3.8, 4) is 12.1 Å². The Morgan fingerprint density at radius 2 is 1.83 bits per heavy atom. The van der Waals surface area contributed by atoms with Crippen LogP contribution >= 0.6 is 0 Å². The Labute approximate surface area is 70.3 Å². The second-order valence-corrected chi connectivity index (χ2v) is 1.93. The van der Waals surface area contributed by atoms with Crippen LogP contribution in [0.15, 0.2) is 11.3 Å². The predicted octanol–water partition coefficient (Wildman–Crippen LogP) is 0.237. The predicted molar refractivity (Wildman–Crippen MR) is 41.5 cm³/mol. The fourth-order valence-corrected chi connectivity index (χ4v) is 0.488. The number of hydrogen-bond acceptors (Lipinski definition) is 3. The summed E-state index contributed by atoms with van der Waals surface area (Å²) in [4.78, 5) is 10.7. The van der Waals surface area contributed by atoms with Crippen molar-refractivity contribution in [2.24, 2.45) is 0 Å². The highest BCUT2D eigenvalue weighted by Crippen LogP contribution is 1.96. The molecular formula is C7H8N4O. The smallest absolute Gasteiger partial charge is 0.318 e. The molecule has 12 heavy (non-hydrogen) atoms. The second kappa shape index (κ2) is 4.75. The van der Waals surface area contributed by atoms with Crippen LogP contribution in [0.5, 0.6) is 0 Å². The Hall–Kier alpha value is -2.01. The Kier molecular flexibility index (Phi) is 3.96. The van der Waals surface area contributed by atoms with Gasteiger partial charge < -0.3 is 10.6 Å². The molecule has 0 aromatic heterocycles. The number of nitrogens with zero attached hydrogens (tertiary/aromatic N) is 2. The van der Waals surface area contributed by atoms with Gasteiger partial charge in [0.25, 0.3) is 0 Å². The third-order valence-electron chi connectivity index (χ3n) is 1.13. The summed E-state index contributed by atoms with van der Waals surface area (Å²) in [6.45, 7) is 1.48. The van der Waals surface area contributed by atoms with Gasteiger partial charge in [-0.15, -0.1) is 0 Å². The average molecular weight is 164 g/mol. The number of carbonyl (C=O) groups is 1. The summed E-state index contributed by atoms with van der Waals surface area (Å²) in [6.07, 6.45) is 0. The summed E-state index contributed by atoms with van der Waals surface area (Å²) < 4.78 is 0. The lowest BCUT2D eigenvalue weighted by atomic mass is 10.2. The lowest BCUT2D eigenvalue weighted by molar-refractivity contribution is 0.245. The molecule has 5 nitrogen and oxygen atoms in total. The molecular weight excluding hydrogens is 156 g/mol. The van der Waals surface area contributed by atoms with Crippen molar-refractivity contribution in [3.63, 3.8) is 0 Å². The highest BCUT2D eigenvalue weighted by atomic mass is 16.2. The van der Waals surface area contributed by atoms with Gasteiger partial charge in [0.05, 0.1) is 0 Å². The zero-order valence-electron chi connectivity index (χ0n) is 6.80. The van der Waals surface area contributed by atoms with Crippen molar-refractivity contribution in [1.82, 2.24) is 10.6 Å². The maximum Gasteiger partial charge on any atom is 0.318 e. The zero-order chi connectivity index (χ0) is 9.56. The number of nitriles is 2. The highest BCUT2D eigenvalue weighted by Gasteiger charge is 2.02. The summed E-state index contributed by atoms with van der Waals surface area (Å²) in [5, 5.41) is 21.4. The lowest BCUT2D eigenvalue weighted by Crippen LogP contribution is -2.31. The summed E-state index contributed by atoms with van der Waals surface area (Å²) in [5.74, 6) is 0. The van der Waals surface area contributed by atoms with E-state index in [1.807, 2.05) is 0 Å². The van der Waals surface area contributed by atoms with E-state index < -0.39 is 6.03 Å². The molecule has 62 valence electrons. The molecule has 0 aromatic rings. The SMILES string of the molecule is CNC(=O)NC(C)=C(C#N)C#N. The van der Waals surface area contributed by atoms with Crippen LogP contribution in [0.4, 0.5) is 4.79 Å². The summed E-state index contributed by atoms with van der Waals surface area (Å²) in [6, 6.07) is 2.87. The van der Waals surface area contributed by atoms with E-state index in [1.165, 1.54) is 14.0 Å². The molecule has 0 radical (unpaired) electrons. The topological polar surface area (TPSA) is 88.7 Å². The van der Waals surface area contributed by atoms with Crippen LogP contribution in [-0.2, 0) is 0 Å². The number of allylic oxidation sites excluding steroid dienone is 2. The normalized spacial score (nSPS) is 7.33. The van der Waals surface area contributed by atoms with Crippen molar-refractivity contribution in [3.05, 3.63) is 11.3 Å². The minimum Gasteiger partial charge on any atom is -0.341 e. The lowest BCUT2D eigenvalue weighted by Gasteiger charge is -2.02. The molecule has 0 saturated carbocycles. The first-order valence-electron chi connectivity index (χ1n) is 3.15. The minimum atomic E-state index is -0.449. The Morgan fingerprint density at radius 3 is 2.17 bits per heavy atom. The van der Waals surface area contributed by atoms with Crippen LogP contribution < -0.4 is 10.6 Å². The number of carbonyl (C=O) groups excluding carboxylic acids is 1. The van der Waals surface area contributed by atoms with E-state index >= 15 is 0 Å². The first-order valence-corrected chi connectivity index (χ1v) is 3.15. The number of rotatable bonds is 1. The van der Waals surface area contributed by atoms with E-state index in [2.05, 4.69) is 10.6 Å². The molecule has 0 unspecified atom stereocenters. The van der Waals surface area contributed by atoms with E-state index in [-0.39, 0.29) is 11.3 Å². The van der Waals surface area contributed by atoms with Gasteiger partial charge in [-0.1, -0.05) is 0 Å². The quantitative estimate of drug-likeness (QED) is 0.544. The average Bonchev–Trinajstić information content (AvgIpc) is 2.06. The molecule has 0 saturated heterocycles. The maximum atomic E-state index is 10.7. The third kappa shape index (κ3) is 2.72. The molecule has 0 aliphatic rings. The molecule has 5 heteroatoms. The third-order valence-corrected chi connectivity index (χ3v) is 1.13. The fourth-order valence-electron chi connectivity index (χ4n) is 0.488. The minimum absolute atomic E-state index is 0.0985.